The summed E-state index contributed by atoms with van der Waals surface area (Å²) in [6.45, 7) is 5.63. The second-order valence-electron chi connectivity index (χ2n) is 8.91. The Morgan fingerprint density at radius 2 is 1.90 bits per heavy atom. The normalized spacial score (nSPS) is 15.2. The SMILES string of the molecule is CCOC(=O)C1=C(C)N=c2s/c(=C\c3ccc(-c4ccc(Cl)c(C(=O)O)c4)o3)c(=O)n2[C@H]1c1ccc(C)cc1. The molecule has 1 atom stereocenters. The third-order valence-corrected chi connectivity index (χ3v) is 7.60. The molecule has 4 aromatic rings. The summed E-state index contributed by atoms with van der Waals surface area (Å²) in [5, 5.41) is 9.49. The van der Waals surface area contributed by atoms with Gasteiger partial charge < -0.3 is 14.3 Å². The van der Waals surface area contributed by atoms with E-state index in [1.54, 1.807) is 38.1 Å². The Kier molecular flexibility index (Phi) is 7.12. The lowest BCUT2D eigenvalue weighted by Crippen LogP contribution is -2.39. The quantitative estimate of drug-likeness (QED) is 0.340. The minimum Gasteiger partial charge on any atom is -0.478 e. The average molecular weight is 563 g/mol. The molecule has 0 fully saturated rings. The minimum atomic E-state index is -1.14. The lowest BCUT2D eigenvalue weighted by Gasteiger charge is -2.24. The van der Waals surface area contributed by atoms with Crippen LogP contribution >= 0.6 is 22.9 Å². The van der Waals surface area contributed by atoms with Crippen molar-refractivity contribution in [3.8, 4) is 11.3 Å². The maximum atomic E-state index is 13.7. The van der Waals surface area contributed by atoms with Gasteiger partial charge in [0.1, 0.15) is 11.5 Å². The zero-order valence-electron chi connectivity index (χ0n) is 21.2. The van der Waals surface area contributed by atoms with Crippen LogP contribution in [0.25, 0.3) is 17.4 Å². The van der Waals surface area contributed by atoms with Crippen LogP contribution in [0.2, 0.25) is 5.02 Å². The molecular weight excluding hydrogens is 540 g/mol. The van der Waals surface area contributed by atoms with Crippen LogP contribution in [0.4, 0.5) is 0 Å². The van der Waals surface area contributed by atoms with Gasteiger partial charge in [0.2, 0.25) is 0 Å². The van der Waals surface area contributed by atoms with Gasteiger partial charge in [-0.05, 0) is 56.7 Å². The van der Waals surface area contributed by atoms with Crippen molar-refractivity contribution in [3.63, 3.8) is 0 Å². The number of allylic oxidation sites excluding steroid dienone is 1. The van der Waals surface area contributed by atoms with Crippen molar-refractivity contribution in [1.29, 1.82) is 0 Å². The minimum absolute atomic E-state index is 0.0377. The third-order valence-electron chi connectivity index (χ3n) is 6.29. The lowest BCUT2D eigenvalue weighted by atomic mass is 9.95. The summed E-state index contributed by atoms with van der Waals surface area (Å²) in [6, 6.07) is 14.9. The molecule has 1 N–H and O–H groups in total. The molecule has 10 heteroatoms. The highest BCUT2D eigenvalue weighted by Gasteiger charge is 2.33. The average Bonchev–Trinajstić information content (AvgIpc) is 3.48. The summed E-state index contributed by atoms with van der Waals surface area (Å²) in [6.07, 6.45) is 1.61. The van der Waals surface area contributed by atoms with E-state index in [1.165, 1.54) is 28.0 Å². The first-order valence-corrected chi connectivity index (χ1v) is 13.3. The number of thiazole rings is 1. The van der Waals surface area contributed by atoms with Crippen molar-refractivity contribution in [2.24, 2.45) is 4.99 Å². The van der Waals surface area contributed by atoms with E-state index in [2.05, 4.69) is 4.99 Å². The van der Waals surface area contributed by atoms with Crippen LogP contribution in [0.5, 0.6) is 0 Å². The van der Waals surface area contributed by atoms with Gasteiger partial charge in [-0.1, -0.05) is 52.8 Å². The van der Waals surface area contributed by atoms with Crippen molar-refractivity contribution in [3.05, 3.63) is 113 Å². The molecule has 0 saturated carbocycles. The van der Waals surface area contributed by atoms with Crippen LogP contribution in [0, 0.1) is 6.92 Å². The fourth-order valence-corrected chi connectivity index (χ4v) is 5.64. The van der Waals surface area contributed by atoms with Crippen molar-refractivity contribution in [1.82, 2.24) is 4.57 Å². The molecule has 1 aliphatic rings. The zero-order valence-corrected chi connectivity index (χ0v) is 22.8. The number of rotatable bonds is 6. The van der Waals surface area contributed by atoms with E-state index in [0.717, 1.165) is 11.1 Å². The van der Waals surface area contributed by atoms with Crippen LogP contribution < -0.4 is 14.9 Å². The van der Waals surface area contributed by atoms with Gasteiger partial charge in [0.25, 0.3) is 5.56 Å². The van der Waals surface area contributed by atoms with Gasteiger partial charge in [0.15, 0.2) is 4.80 Å². The lowest BCUT2D eigenvalue weighted by molar-refractivity contribution is -0.139. The summed E-state index contributed by atoms with van der Waals surface area (Å²) < 4.78 is 13.1. The third kappa shape index (κ3) is 4.98. The van der Waals surface area contributed by atoms with Crippen molar-refractivity contribution >= 4 is 41.0 Å². The number of nitrogens with zero attached hydrogens (tertiary/aromatic N) is 2. The molecule has 39 heavy (non-hydrogen) atoms. The molecule has 0 radical (unpaired) electrons. The number of furan rings is 1. The first-order chi connectivity index (χ1) is 18.7. The second-order valence-corrected chi connectivity index (χ2v) is 10.3. The van der Waals surface area contributed by atoms with Crippen LogP contribution in [0.3, 0.4) is 0 Å². The Morgan fingerprint density at radius 1 is 1.15 bits per heavy atom. The summed E-state index contributed by atoms with van der Waals surface area (Å²) in [5.41, 5.74) is 2.80. The molecule has 198 valence electrons. The number of aryl methyl sites for hydroxylation is 1. The molecule has 0 aliphatic carbocycles. The molecule has 0 bridgehead atoms. The number of carboxylic acid groups (broad SMARTS) is 1. The Balaban J connectivity index is 1.61. The molecule has 2 aromatic heterocycles. The first kappa shape index (κ1) is 26.4. The second kappa shape index (κ2) is 10.5. The highest BCUT2D eigenvalue weighted by Crippen LogP contribution is 2.31. The molecular formula is C29H23ClN2O6S. The summed E-state index contributed by atoms with van der Waals surface area (Å²) in [5.74, 6) is -0.838. The highest BCUT2D eigenvalue weighted by molar-refractivity contribution is 7.07. The van der Waals surface area contributed by atoms with E-state index in [-0.39, 0.29) is 22.8 Å². The maximum Gasteiger partial charge on any atom is 0.338 e. The van der Waals surface area contributed by atoms with Gasteiger partial charge in [0.05, 0.1) is 39.0 Å². The summed E-state index contributed by atoms with van der Waals surface area (Å²) in [7, 11) is 0. The molecule has 1 aliphatic heterocycles. The number of fused-ring (bicyclic) bond motifs is 1. The summed E-state index contributed by atoms with van der Waals surface area (Å²) in [4.78, 5) is 43.2. The molecule has 2 aromatic carbocycles. The summed E-state index contributed by atoms with van der Waals surface area (Å²) >= 11 is 7.17. The molecule has 3 heterocycles. The van der Waals surface area contributed by atoms with Gasteiger partial charge in [-0.3, -0.25) is 9.36 Å². The number of hydrogen-bond donors (Lipinski definition) is 1. The van der Waals surface area contributed by atoms with E-state index >= 15 is 0 Å². The zero-order chi connectivity index (χ0) is 27.8. The number of hydrogen-bond acceptors (Lipinski definition) is 7. The van der Waals surface area contributed by atoms with Gasteiger partial charge in [-0.15, -0.1) is 0 Å². The van der Waals surface area contributed by atoms with E-state index in [1.807, 2.05) is 31.2 Å². The predicted octanol–water partition coefficient (Wildman–Crippen LogP) is 4.72. The number of carbonyl (C=O) groups is 2. The number of esters is 1. The molecule has 0 amide bonds. The van der Waals surface area contributed by atoms with Gasteiger partial charge in [-0.2, -0.15) is 0 Å². The molecule has 5 rings (SSSR count). The number of aromatic carboxylic acids is 1. The van der Waals surface area contributed by atoms with Gasteiger partial charge >= 0.3 is 11.9 Å². The van der Waals surface area contributed by atoms with E-state index < -0.39 is 18.0 Å². The van der Waals surface area contributed by atoms with E-state index in [4.69, 9.17) is 20.8 Å². The Morgan fingerprint density at radius 3 is 2.59 bits per heavy atom. The number of aromatic nitrogens is 1. The van der Waals surface area contributed by atoms with Gasteiger partial charge in [-0.25, -0.2) is 14.6 Å². The predicted molar refractivity (Wildman–Crippen MR) is 148 cm³/mol. The topological polar surface area (TPSA) is 111 Å². The molecule has 0 saturated heterocycles. The van der Waals surface area contributed by atoms with Crippen LogP contribution in [0.15, 0.2) is 80.1 Å². The monoisotopic (exact) mass is 562 g/mol. The number of halogens is 1. The smallest absolute Gasteiger partial charge is 0.338 e. The fourth-order valence-electron chi connectivity index (χ4n) is 4.41. The van der Waals surface area contributed by atoms with E-state index in [0.29, 0.717) is 37.7 Å². The highest BCUT2D eigenvalue weighted by atomic mass is 35.5. The Labute approximate surface area is 231 Å². The van der Waals surface area contributed by atoms with Crippen molar-refractivity contribution < 1.29 is 23.8 Å². The van der Waals surface area contributed by atoms with Crippen molar-refractivity contribution in [2.75, 3.05) is 6.61 Å². The Bertz CT molecular complexity index is 1830. The molecule has 0 unspecified atom stereocenters. The fraction of sp³-hybridized carbons (Fsp3) is 0.172. The largest absolute Gasteiger partial charge is 0.478 e. The van der Waals surface area contributed by atoms with Crippen molar-refractivity contribution in [2.45, 2.75) is 26.8 Å². The molecule has 0 spiro atoms. The number of benzene rings is 2. The molecule has 8 nitrogen and oxygen atoms in total. The number of carboxylic acids is 1. The van der Waals surface area contributed by atoms with E-state index in [9.17, 15) is 19.5 Å². The maximum absolute atomic E-state index is 13.7. The van der Waals surface area contributed by atoms with Crippen LogP contribution in [0.1, 0.15) is 47.1 Å². The van der Waals surface area contributed by atoms with Gasteiger partial charge in [0, 0.05) is 11.6 Å². The standard InChI is InChI=1S/C29H23ClN2O6S/c1-4-37-28(36)24-16(3)31-29-32(25(24)17-7-5-15(2)6-8-17)26(33)23(39-29)14-19-10-12-22(38-19)18-9-11-21(30)20(13-18)27(34)35/h5-14,25H,4H2,1-3H3,(H,34,35)/b23-14-/t25-/m0/s1. The Hall–Kier alpha value is -4.21. The van der Waals surface area contributed by atoms with Crippen LogP contribution in [-0.2, 0) is 9.53 Å². The van der Waals surface area contributed by atoms with Crippen LogP contribution in [-0.4, -0.2) is 28.2 Å². The number of carbonyl (C=O) groups excluding carboxylic acids is 1. The first-order valence-electron chi connectivity index (χ1n) is 12.1. The number of ether oxygens (including phenoxy) is 1.